The van der Waals surface area contributed by atoms with Crippen LogP contribution >= 0.6 is 0 Å². The zero-order valence-corrected chi connectivity index (χ0v) is 19.1. The number of hydrogen-bond acceptors (Lipinski definition) is 8. The number of fused-ring (bicyclic) bond motifs is 16. The van der Waals surface area contributed by atoms with Crippen molar-refractivity contribution in [2.75, 3.05) is 51.4 Å². The van der Waals surface area contributed by atoms with Gasteiger partial charge in [0, 0.05) is 51.6 Å². The van der Waals surface area contributed by atoms with E-state index in [0.717, 1.165) is 75.4 Å². The van der Waals surface area contributed by atoms with Crippen LogP contribution in [0.1, 0.15) is 49.6 Å². The molecular weight excluding hydrogens is 406 g/mol. The second-order valence-electron chi connectivity index (χ2n) is 7.64. The summed E-state index contributed by atoms with van der Waals surface area (Å²) < 4.78 is 17.0. The second kappa shape index (κ2) is 13.6. The molecule has 3 heterocycles. The predicted molar refractivity (Wildman–Crippen MR) is 126 cm³/mol. The first-order valence-corrected chi connectivity index (χ1v) is 11.5. The molecule has 8 nitrogen and oxygen atoms in total. The quantitative estimate of drug-likeness (QED) is 0.733. The Morgan fingerprint density at radius 3 is 2.22 bits per heavy atom. The van der Waals surface area contributed by atoms with Gasteiger partial charge in [-0.05, 0) is 43.7 Å². The minimum absolute atomic E-state index is 0.346. The summed E-state index contributed by atoms with van der Waals surface area (Å²) in [5, 5.41) is 6.64. The van der Waals surface area contributed by atoms with E-state index >= 15 is 0 Å². The van der Waals surface area contributed by atoms with E-state index < -0.39 is 0 Å². The number of hydrogen-bond donors (Lipinski definition) is 2. The van der Waals surface area contributed by atoms with Gasteiger partial charge in [-0.15, -0.1) is 0 Å². The van der Waals surface area contributed by atoms with Crippen molar-refractivity contribution in [1.29, 1.82) is 0 Å². The second-order valence-corrected chi connectivity index (χ2v) is 7.64. The van der Waals surface area contributed by atoms with E-state index in [9.17, 15) is 0 Å². The van der Waals surface area contributed by atoms with Crippen molar-refractivity contribution >= 4 is 11.6 Å². The molecule has 2 N–H and O–H groups in total. The Bertz CT molecular complexity index is 829. The highest BCUT2D eigenvalue weighted by Crippen LogP contribution is 2.15. The number of nitrogens with one attached hydrogen (secondary N) is 2. The molecule has 32 heavy (non-hydrogen) atoms. The summed E-state index contributed by atoms with van der Waals surface area (Å²) in [5.74, 6) is 1.20. The molecule has 2 aliphatic heterocycles. The molecule has 0 unspecified atom stereocenters. The van der Waals surface area contributed by atoms with E-state index in [1.807, 2.05) is 6.92 Å². The fraction of sp³-hybridized carbons (Fsp3) is 0.542. The molecule has 4 rings (SSSR count). The van der Waals surface area contributed by atoms with Gasteiger partial charge in [0.2, 0.25) is 5.95 Å². The van der Waals surface area contributed by atoms with E-state index in [1.165, 1.54) is 0 Å². The van der Waals surface area contributed by atoms with Crippen molar-refractivity contribution in [2.45, 2.75) is 39.0 Å². The highest BCUT2D eigenvalue weighted by atomic mass is 16.5. The smallest absolute Gasteiger partial charge is 0.321 e. The average molecular weight is 442 g/mol. The summed E-state index contributed by atoms with van der Waals surface area (Å²) in [6, 6.07) is 8.64. The molecule has 1 aromatic heterocycles. The summed E-state index contributed by atoms with van der Waals surface area (Å²) in [6.07, 6.45) is 4.44. The third kappa shape index (κ3) is 8.43. The number of aromatic nitrogens is 3. The normalized spacial score (nSPS) is 17.2. The fourth-order valence-corrected chi connectivity index (χ4v) is 3.26. The lowest BCUT2D eigenvalue weighted by Crippen LogP contribution is -2.15. The lowest BCUT2D eigenvalue weighted by molar-refractivity contribution is 0.102. The van der Waals surface area contributed by atoms with Crippen molar-refractivity contribution in [3.8, 4) is 6.01 Å². The largest absolute Gasteiger partial charge is 0.464 e. The van der Waals surface area contributed by atoms with Gasteiger partial charge in [-0.3, -0.25) is 0 Å². The molecular formula is C24H35N5O3. The standard InChI is InChI=1S/C24H35N5O3/c1-3-32-24-28-22-18-20-8-10-21(11-9-20)19(2)25-12-6-16-30-14-4-5-15-31-17-7-13-26-23(27-22)29-24/h8-11,25H,2-7,12-18H2,1H3,(H,26,27,28,29). The van der Waals surface area contributed by atoms with Crippen molar-refractivity contribution in [1.82, 2.24) is 20.3 Å². The van der Waals surface area contributed by atoms with Gasteiger partial charge in [-0.25, -0.2) is 0 Å². The van der Waals surface area contributed by atoms with E-state index in [4.69, 9.17) is 14.2 Å². The van der Waals surface area contributed by atoms with Gasteiger partial charge in [0.25, 0.3) is 0 Å². The lowest BCUT2D eigenvalue weighted by Gasteiger charge is -2.11. The maximum atomic E-state index is 5.71. The van der Waals surface area contributed by atoms with Crippen LogP contribution in [0.4, 0.5) is 5.95 Å². The first kappa shape index (κ1) is 23.9. The van der Waals surface area contributed by atoms with Crippen molar-refractivity contribution in [3.63, 3.8) is 0 Å². The maximum Gasteiger partial charge on any atom is 0.321 e. The molecule has 4 bridgehead atoms. The minimum Gasteiger partial charge on any atom is -0.464 e. The molecule has 0 radical (unpaired) electrons. The Balaban J connectivity index is 1.68. The van der Waals surface area contributed by atoms with Crippen molar-refractivity contribution < 1.29 is 14.2 Å². The highest BCUT2D eigenvalue weighted by Gasteiger charge is 2.09. The zero-order chi connectivity index (χ0) is 22.4. The number of ether oxygens (including phenoxy) is 3. The number of rotatable bonds is 2. The number of nitrogens with zero attached hydrogens (tertiary/aromatic N) is 3. The van der Waals surface area contributed by atoms with Crippen molar-refractivity contribution in [3.05, 3.63) is 47.8 Å². The van der Waals surface area contributed by atoms with Crippen LogP contribution in [0.25, 0.3) is 5.70 Å². The van der Waals surface area contributed by atoms with Crippen LogP contribution in [-0.4, -0.2) is 61.1 Å². The fourth-order valence-electron chi connectivity index (χ4n) is 3.26. The lowest BCUT2D eigenvalue weighted by atomic mass is 10.1. The SMILES string of the molecule is C=C1NCCCOCCCCOCCCNc2nc(nc(OCC)n2)Cc2ccc1cc2. The summed E-state index contributed by atoms with van der Waals surface area (Å²) >= 11 is 0. The molecule has 0 fully saturated rings. The van der Waals surface area contributed by atoms with Crippen molar-refractivity contribution in [2.24, 2.45) is 0 Å². The third-order valence-corrected chi connectivity index (χ3v) is 4.98. The first-order valence-electron chi connectivity index (χ1n) is 11.5. The van der Waals surface area contributed by atoms with Crippen LogP contribution in [0, 0.1) is 0 Å². The van der Waals surface area contributed by atoms with Crippen LogP contribution in [0.15, 0.2) is 30.8 Å². The molecule has 0 saturated heterocycles. The first-order chi connectivity index (χ1) is 15.7. The van der Waals surface area contributed by atoms with Gasteiger partial charge in [-0.1, -0.05) is 30.8 Å². The van der Waals surface area contributed by atoms with E-state index in [-0.39, 0.29) is 0 Å². The molecule has 1 aromatic carbocycles. The van der Waals surface area contributed by atoms with E-state index in [2.05, 4.69) is 56.4 Å². The molecule has 2 aromatic rings. The van der Waals surface area contributed by atoms with Crippen LogP contribution in [-0.2, 0) is 15.9 Å². The highest BCUT2D eigenvalue weighted by molar-refractivity contribution is 5.61. The average Bonchev–Trinajstić information content (AvgIpc) is 2.79. The molecule has 174 valence electrons. The molecule has 2 aliphatic rings. The molecule has 0 amide bonds. The minimum atomic E-state index is 0.346. The van der Waals surface area contributed by atoms with Crippen LogP contribution in [0.5, 0.6) is 6.01 Å². The Morgan fingerprint density at radius 1 is 0.875 bits per heavy atom. The molecule has 0 aliphatic carbocycles. The van der Waals surface area contributed by atoms with Crippen LogP contribution in [0.3, 0.4) is 0 Å². The summed E-state index contributed by atoms with van der Waals surface area (Å²) in [5.41, 5.74) is 3.10. The summed E-state index contributed by atoms with van der Waals surface area (Å²) in [6.45, 7) is 11.1. The topological polar surface area (TPSA) is 90.4 Å². The molecule has 8 heteroatoms. The third-order valence-electron chi connectivity index (χ3n) is 4.98. The van der Waals surface area contributed by atoms with Crippen LogP contribution < -0.4 is 15.4 Å². The van der Waals surface area contributed by atoms with Gasteiger partial charge in [0.1, 0.15) is 5.82 Å². The zero-order valence-electron chi connectivity index (χ0n) is 19.1. The van der Waals surface area contributed by atoms with Gasteiger partial charge < -0.3 is 24.8 Å². The number of anilines is 1. The monoisotopic (exact) mass is 441 g/mol. The van der Waals surface area contributed by atoms with Gasteiger partial charge in [0.15, 0.2) is 0 Å². The van der Waals surface area contributed by atoms with E-state index in [1.54, 1.807) is 0 Å². The maximum absolute atomic E-state index is 5.71. The predicted octanol–water partition coefficient (Wildman–Crippen LogP) is 3.44. The van der Waals surface area contributed by atoms with Gasteiger partial charge in [0.05, 0.1) is 6.61 Å². The Kier molecular flexibility index (Phi) is 10.2. The summed E-state index contributed by atoms with van der Waals surface area (Å²) in [7, 11) is 0. The number of benzene rings is 1. The van der Waals surface area contributed by atoms with Crippen LogP contribution in [0.2, 0.25) is 0 Å². The summed E-state index contributed by atoms with van der Waals surface area (Å²) in [4.78, 5) is 13.4. The van der Waals surface area contributed by atoms with E-state index in [0.29, 0.717) is 37.4 Å². The Labute approximate surface area is 190 Å². The Morgan fingerprint density at radius 2 is 1.53 bits per heavy atom. The molecule has 0 atom stereocenters. The molecule has 0 saturated carbocycles. The molecule has 0 spiro atoms. The van der Waals surface area contributed by atoms with Gasteiger partial charge in [-0.2, -0.15) is 15.0 Å². The van der Waals surface area contributed by atoms with Gasteiger partial charge >= 0.3 is 6.01 Å². The Hall–Kier alpha value is -2.71.